The molecule has 1 nitrogen and oxygen atoms in total. The van der Waals surface area contributed by atoms with E-state index in [0.29, 0.717) is 5.56 Å². The van der Waals surface area contributed by atoms with Crippen LogP contribution in [-0.2, 0) is 0 Å². The summed E-state index contributed by atoms with van der Waals surface area (Å²) < 4.78 is 38.8. The third-order valence-corrected chi connectivity index (χ3v) is 1.52. The number of ether oxygens (including phenoxy) is 1. The second kappa shape index (κ2) is 3.46. The van der Waals surface area contributed by atoms with E-state index in [2.05, 4.69) is 11.7 Å². The van der Waals surface area contributed by atoms with Crippen molar-refractivity contribution in [2.75, 3.05) is 0 Å². The standard InChI is InChI=1S/C8H5ClF3O/c1-5-2-3-7(6(9)4-5)13-8(10,11)12/h2-4H,1H2. The van der Waals surface area contributed by atoms with Gasteiger partial charge in [-0.15, -0.1) is 13.2 Å². The average molecular weight is 210 g/mol. The Balaban J connectivity index is 2.90. The Morgan fingerprint density at radius 3 is 2.38 bits per heavy atom. The van der Waals surface area contributed by atoms with E-state index in [0.717, 1.165) is 6.07 Å². The molecule has 0 bridgehead atoms. The maximum Gasteiger partial charge on any atom is 0.573 e. The minimum atomic E-state index is -4.72. The number of hydrogen-bond acceptors (Lipinski definition) is 1. The van der Waals surface area contributed by atoms with Gasteiger partial charge in [0.1, 0.15) is 5.75 Å². The number of benzene rings is 1. The van der Waals surface area contributed by atoms with E-state index in [1.54, 1.807) is 0 Å². The minimum absolute atomic E-state index is 0.107. The smallest absolute Gasteiger partial charge is 0.404 e. The minimum Gasteiger partial charge on any atom is -0.404 e. The van der Waals surface area contributed by atoms with Gasteiger partial charge in [-0.3, -0.25) is 0 Å². The molecule has 0 aromatic heterocycles. The van der Waals surface area contributed by atoms with E-state index >= 15 is 0 Å². The van der Waals surface area contributed by atoms with E-state index in [-0.39, 0.29) is 5.02 Å². The summed E-state index contributed by atoms with van der Waals surface area (Å²) in [7, 11) is 0. The lowest BCUT2D eigenvalue weighted by Gasteiger charge is -2.10. The molecule has 0 saturated heterocycles. The van der Waals surface area contributed by atoms with Gasteiger partial charge in [0.15, 0.2) is 0 Å². The first-order chi connectivity index (χ1) is 5.88. The van der Waals surface area contributed by atoms with E-state index < -0.39 is 12.1 Å². The SMILES string of the molecule is [CH2]c1ccc(OC(F)(F)F)c(Cl)c1. The monoisotopic (exact) mass is 209 g/mol. The topological polar surface area (TPSA) is 9.23 Å². The molecular formula is C8H5ClF3O. The van der Waals surface area contributed by atoms with Crippen molar-refractivity contribution >= 4 is 11.6 Å². The van der Waals surface area contributed by atoms with Crippen LogP contribution in [0.3, 0.4) is 0 Å². The third kappa shape index (κ3) is 3.14. The molecule has 1 aromatic rings. The van der Waals surface area contributed by atoms with Crippen LogP contribution in [0, 0.1) is 6.92 Å². The lowest BCUT2D eigenvalue weighted by Crippen LogP contribution is -2.17. The van der Waals surface area contributed by atoms with Crippen molar-refractivity contribution < 1.29 is 17.9 Å². The third-order valence-electron chi connectivity index (χ3n) is 1.22. The normalized spacial score (nSPS) is 11.5. The van der Waals surface area contributed by atoms with Crippen molar-refractivity contribution in [3.8, 4) is 5.75 Å². The summed E-state index contributed by atoms with van der Waals surface area (Å²) in [5.41, 5.74) is 0.527. The molecule has 1 aromatic carbocycles. The van der Waals surface area contributed by atoms with Crippen LogP contribution in [0.5, 0.6) is 5.75 Å². The summed E-state index contributed by atoms with van der Waals surface area (Å²) in [6.45, 7) is 3.50. The van der Waals surface area contributed by atoms with E-state index in [9.17, 15) is 13.2 Å². The number of halogens is 4. The molecule has 0 unspecified atom stereocenters. The second-order valence-corrected chi connectivity index (χ2v) is 2.72. The molecule has 0 heterocycles. The highest BCUT2D eigenvalue weighted by molar-refractivity contribution is 6.32. The molecule has 0 spiro atoms. The molecule has 0 N–H and O–H groups in total. The van der Waals surface area contributed by atoms with Gasteiger partial charge in [0, 0.05) is 0 Å². The highest BCUT2D eigenvalue weighted by atomic mass is 35.5. The van der Waals surface area contributed by atoms with Crippen molar-refractivity contribution in [1.82, 2.24) is 0 Å². The molecule has 5 heteroatoms. The van der Waals surface area contributed by atoms with Gasteiger partial charge in [-0.1, -0.05) is 17.7 Å². The van der Waals surface area contributed by atoms with Crippen LogP contribution in [0.15, 0.2) is 18.2 Å². The van der Waals surface area contributed by atoms with Crippen LogP contribution < -0.4 is 4.74 Å². The highest BCUT2D eigenvalue weighted by Crippen LogP contribution is 2.30. The Hall–Kier alpha value is -0.900. The summed E-state index contributed by atoms with van der Waals surface area (Å²) in [6.07, 6.45) is -4.72. The zero-order valence-corrected chi connectivity index (χ0v) is 7.12. The molecule has 0 aliphatic rings. The fraction of sp³-hybridized carbons (Fsp3) is 0.125. The predicted octanol–water partition coefficient (Wildman–Crippen LogP) is 3.42. The highest BCUT2D eigenvalue weighted by Gasteiger charge is 2.31. The van der Waals surface area contributed by atoms with Crippen LogP contribution in [-0.4, -0.2) is 6.36 Å². The van der Waals surface area contributed by atoms with Gasteiger partial charge in [-0.25, -0.2) is 0 Å². The fourth-order valence-electron chi connectivity index (χ4n) is 0.752. The number of hydrogen-bond donors (Lipinski definition) is 0. The summed E-state index contributed by atoms with van der Waals surface area (Å²) >= 11 is 5.47. The van der Waals surface area contributed by atoms with E-state index in [4.69, 9.17) is 11.6 Å². The summed E-state index contributed by atoms with van der Waals surface area (Å²) in [5, 5.41) is -0.107. The second-order valence-electron chi connectivity index (χ2n) is 2.31. The van der Waals surface area contributed by atoms with Crippen LogP contribution in [0.1, 0.15) is 5.56 Å². The zero-order valence-electron chi connectivity index (χ0n) is 6.36. The maximum atomic E-state index is 11.7. The molecule has 1 radical (unpaired) electrons. The van der Waals surface area contributed by atoms with E-state index in [1.165, 1.54) is 12.1 Å². The van der Waals surface area contributed by atoms with Gasteiger partial charge in [-0.2, -0.15) is 0 Å². The molecule has 0 saturated carbocycles. The molecule has 71 valence electrons. The Morgan fingerprint density at radius 2 is 1.92 bits per heavy atom. The largest absolute Gasteiger partial charge is 0.573 e. The Morgan fingerprint density at radius 1 is 1.31 bits per heavy atom. The first kappa shape index (κ1) is 10.2. The zero-order chi connectivity index (χ0) is 10.1. The van der Waals surface area contributed by atoms with Crippen LogP contribution in [0.2, 0.25) is 5.02 Å². The van der Waals surface area contributed by atoms with Crippen LogP contribution in [0.25, 0.3) is 0 Å². The van der Waals surface area contributed by atoms with Crippen LogP contribution >= 0.6 is 11.6 Å². The van der Waals surface area contributed by atoms with Crippen molar-refractivity contribution in [1.29, 1.82) is 0 Å². The van der Waals surface area contributed by atoms with Crippen molar-refractivity contribution in [3.63, 3.8) is 0 Å². The molecule has 0 aliphatic carbocycles. The molecule has 0 fully saturated rings. The fourth-order valence-corrected chi connectivity index (χ4v) is 0.994. The van der Waals surface area contributed by atoms with Gasteiger partial charge in [-0.05, 0) is 24.6 Å². The molecule has 13 heavy (non-hydrogen) atoms. The van der Waals surface area contributed by atoms with Crippen molar-refractivity contribution in [2.45, 2.75) is 6.36 Å². The molecule has 0 aliphatic heterocycles. The quantitative estimate of drug-likeness (QED) is 0.689. The predicted molar refractivity (Wildman–Crippen MR) is 42.6 cm³/mol. The van der Waals surface area contributed by atoms with Gasteiger partial charge in [0.05, 0.1) is 5.02 Å². The van der Waals surface area contributed by atoms with Crippen molar-refractivity contribution in [3.05, 3.63) is 35.7 Å². The lowest BCUT2D eigenvalue weighted by atomic mass is 10.2. The average Bonchev–Trinajstić information content (AvgIpc) is 1.93. The summed E-state index contributed by atoms with van der Waals surface area (Å²) in [4.78, 5) is 0. The Labute approximate surface area is 78.1 Å². The number of alkyl halides is 3. The first-order valence-electron chi connectivity index (χ1n) is 3.26. The maximum absolute atomic E-state index is 11.7. The number of rotatable bonds is 1. The lowest BCUT2D eigenvalue weighted by molar-refractivity contribution is -0.274. The first-order valence-corrected chi connectivity index (χ1v) is 3.63. The van der Waals surface area contributed by atoms with Gasteiger partial charge in [0.25, 0.3) is 0 Å². The van der Waals surface area contributed by atoms with E-state index in [1.807, 2.05) is 0 Å². The van der Waals surface area contributed by atoms with Crippen LogP contribution in [0.4, 0.5) is 13.2 Å². The van der Waals surface area contributed by atoms with Crippen molar-refractivity contribution in [2.24, 2.45) is 0 Å². The molecular weight excluding hydrogens is 205 g/mol. The Kier molecular flexibility index (Phi) is 2.71. The molecule has 0 atom stereocenters. The summed E-state index contributed by atoms with van der Waals surface area (Å²) in [5.74, 6) is -0.415. The van der Waals surface area contributed by atoms with Gasteiger partial charge >= 0.3 is 6.36 Å². The van der Waals surface area contributed by atoms with Gasteiger partial charge < -0.3 is 4.74 Å². The molecule has 1 rings (SSSR count). The summed E-state index contributed by atoms with van der Waals surface area (Å²) in [6, 6.07) is 3.80. The van der Waals surface area contributed by atoms with Gasteiger partial charge in [0.2, 0.25) is 0 Å². The molecule has 0 amide bonds. The Bertz CT molecular complexity index is 309.